The van der Waals surface area contributed by atoms with Gasteiger partial charge in [-0.05, 0) is 49.7 Å². The van der Waals surface area contributed by atoms with E-state index in [9.17, 15) is 9.18 Å². The highest BCUT2D eigenvalue weighted by molar-refractivity contribution is 7.10. The van der Waals surface area contributed by atoms with Gasteiger partial charge >= 0.3 is 0 Å². The number of anilines is 1. The molecule has 4 rings (SSSR count). The van der Waals surface area contributed by atoms with E-state index < -0.39 is 11.7 Å². The van der Waals surface area contributed by atoms with Crippen LogP contribution in [0.15, 0.2) is 48.5 Å². The van der Waals surface area contributed by atoms with Crippen molar-refractivity contribution in [1.82, 2.24) is 24.4 Å². The Kier molecular flexibility index (Phi) is 4.66. The normalized spacial score (nSPS) is 10.8. The molecular weight excluding hydrogens is 379 g/mol. The highest BCUT2D eigenvalue weighted by Gasteiger charge is 2.18. The molecule has 2 heterocycles. The van der Waals surface area contributed by atoms with Gasteiger partial charge in [0, 0.05) is 17.1 Å². The monoisotopic (exact) mass is 394 g/mol. The van der Waals surface area contributed by atoms with E-state index in [1.165, 1.54) is 18.2 Å². The molecule has 7 nitrogen and oxygen atoms in total. The van der Waals surface area contributed by atoms with Crippen molar-refractivity contribution in [3.05, 3.63) is 71.2 Å². The number of rotatable bonds is 4. The minimum absolute atomic E-state index is 0.207. The lowest BCUT2D eigenvalue weighted by atomic mass is 10.2. The summed E-state index contributed by atoms with van der Waals surface area (Å²) in [6.45, 7) is 3.88. The van der Waals surface area contributed by atoms with Crippen LogP contribution >= 0.6 is 11.5 Å². The molecule has 140 valence electrons. The van der Waals surface area contributed by atoms with Gasteiger partial charge in [-0.1, -0.05) is 23.4 Å². The van der Waals surface area contributed by atoms with E-state index in [4.69, 9.17) is 0 Å². The van der Waals surface area contributed by atoms with E-state index in [0.717, 1.165) is 34.5 Å². The molecule has 1 N–H and O–H groups in total. The Hall–Kier alpha value is -3.46. The molecule has 0 spiro atoms. The first kappa shape index (κ1) is 17.9. The van der Waals surface area contributed by atoms with E-state index >= 15 is 0 Å². The molecule has 2 aromatic heterocycles. The number of nitrogens with zero attached hydrogens (tertiary/aromatic N) is 5. The zero-order chi connectivity index (χ0) is 19.7. The number of carbonyl (C=O) groups excluding carboxylic acids is 1. The summed E-state index contributed by atoms with van der Waals surface area (Å²) in [5, 5.41) is 11.3. The molecule has 0 radical (unpaired) electrons. The van der Waals surface area contributed by atoms with Crippen LogP contribution in [0, 0.1) is 19.7 Å². The summed E-state index contributed by atoms with van der Waals surface area (Å²) in [4.78, 5) is 16.5. The van der Waals surface area contributed by atoms with Gasteiger partial charge in [0.15, 0.2) is 11.5 Å². The van der Waals surface area contributed by atoms with Crippen molar-refractivity contribution in [1.29, 1.82) is 0 Å². The van der Waals surface area contributed by atoms with Crippen LogP contribution in [0.3, 0.4) is 0 Å². The smallest absolute Gasteiger partial charge is 0.257 e. The number of halogens is 1. The third kappa shape index (κ3) is 3.52. The largest absolute Gasteiger partial charge is 0.297 e. The summed E-state index contributed by atoms with van der Waals surface area (Å²) in [6, 6.07) is 13.3. The molecule has 0 fully saturated rings. The van der Waals surface area contributed by atoms with Crippen LogP contribution in [0.5, 0.6) is 0 Å². The fourth-order valence-corrected chi connectivity index (χ4v) is 3.28. The molecule has 0 saturated heterocycles. The van der Waals surface area contributed by atoms with Gasteiger partial charge in [-0.2, -0.15) is 9.36 Å². The first-order valence-corrected chi connectivity index (χ1v) is 9.19. The van der Waals surface area contributed by atoms with Gasteiger partial charge in [-0.25, -0.2) is 9.07 Å². The average Bonchev–Trinajstić information content (AvgIpc) is 3.28. The number of amides is 1. The first-order chi connectivity index (χ1) is 13.5. The van der Waals surface area contributed by atoms with Gasteiger partial charge in [0.2, 0.25) is 5.13 Å². The Labute approximate surface area is 164 Å². The minimum atomic E-state index is -0.478. The number of hydrogen-bond acceptors (Lipinski definition) is 6. The quantitative estimate of drug-likeness (QED) is 0.569. The highest BCUT2D eigenvalue weighted by atomic mass is 32.1. The number of aromatic nitrogens is 5. The number of hydrogen-bond donors (Lipinski definition) is 1. The maximum atomic E-state index is 13.3. The highest BCUT2D eigenvalue weighted by Crippen LogP contribution is 2.24. The van der Waals surface area contributed by atoms with E-state index in [-0.39, 0.29) is 5.56 Å². The molecule has 0 atom stereocenters. The average molecular weight is 394 g/mol. The maximum Gasteiger partial charge on any atom is 0.257 e. The Balaban J connectivity index is 1.57. The third-order valence-electron chi connectivity index (χ3n) is 4.09. The molecule has 0 saturated carbocycles. The minimum Gasteiger partial charge on any atom is -0.297 e. The van der Waals surface area contributed by atoms with Gasteiger partial charge in [-0.3, -0.25) is 10.1 Å². The number of nitrogens with one attached hydrogen (secondary N) is 1. The number of carbonyl (C=O) groups is 1. The van der Waals surface area contributed by atoms with Crippen molar-refractivity contribution in [2.75, 3.05) is 5.32 Å². The van der Waals surface area contributed by atoms with E-state index in [0.29, 0.717) is 16.6 Å². The maximum absolute atomic E-state index is 13.3. The van der Waals surface area contributed by atoms with Crippen LogP contribution in [0.25, 0.3) is 17.2 Å². The molecule has 28 heavy (non-hydrogen) atoms. The Morgan fingerprint density at radius 3 is 2.75 bits per heavy atom. The molecular formula is C19H15FN6OS. The summed E-state index contributed by atoms with van der Waals surface area (Å²) in [6.07, 6.45) is 0. The van der Waals surface area contributed by atoms with Crippen molar-refractivity contribution in [2.45, 2.75) is 13.8 Å². The second kappa shape index (κ2) is 7.28. The number of benzene rings is 2. The zero-order valence-corrected chi connectivity index (χ0v) is 15.9. The van der Waals surface area contributed by atoms with Crippen molar-refractivity contribution >= 4 is 22.6 Å². The van der Waals surface area contributed by atoms with Crippen molar-refractivity contribution in [3.8, 4) is 17.2 Å². The predicted octanol–water partition coefficient (Wildman–Crippen LogP) is 3.79. The second-order valence-electron chi connectivity index (χ2n) is 6.16. The zero-order valence-electron chi connectivity index (χ0n) is 15.0. The van der Waals surface area contributed by atoms with E-state index in [1.807, 2.05) is 38.1 Å². The topological polar surface area (TPSA) is 85.6 Å². The molecule has 0 aliphatic rings. The fourth-order valence-electron chi connectivity index (χ4n) is 2.71. The van der Waals surface area contributed by atoms with Gasteiger partial charge < -0.3 is 0 Å². The standard InChI is InChI=1S/C19H15FN6OS/c1-11-5-3-8-15(9-11)26-12(2)16(23-25-26)17-21-19(28-24-17)22-18(27)13-6-4-7-14(20)10-13/h3-10H,1-2H3,(H,21,22,24,27). The summed E-state index contributed by atoms with van der Waals surface area (Å²) >= 11 is 1.02. The van der Waals surface area contributed by atoms with Crippen LogP contribution in [-0.2, 0) is 0 Å². The lowest BCUT2D eigenvalue weighted by Gasteiger charge is -2.03. The molecule has 0 aliphatic heterocycles. The van der Waals surface area contributed by atoms with Crippen molar-refractivity contribution in [2.24, 2.45) is 0 Å². The SMILES string of the molecule is Cc1cccc(-n2nnc(-c3nsc(NC(=O)c4cccc(F)c4)n3)c2C)c1. The van der Waals surface area contributed by atoms with E-state index in [2.05, 4.69) is 25.0 Å². The van der Waals surface area contributed by atoms with Gasteiger partial charge in [0.25, 0.3) is 5.91 Å². The molecule has 4 aromatic rings. The molecule has 9 heteroatoms. The summed E-state index contributed by atoms with van der Waals surface area (Å²) in [5.41, 5.74) is 3.53. The van der Waals surface area contributed by atoms with E-state index in [1.54, 1.807) is 4.68 Å². The molecule has 1 amide bonds. The lowest BCUT2D eigenvalue weighted by molar-refractivity contribution is 0.102. The van der Waals surface area contributed by atoms with Crippen LogP contribution < -0.4 is 5.32 Å². The molecule has 0 aliphatic carbocycles. The van der Waals surface area contributed by atoms with Gasteiger partial charge in [0.1, 0.15) is 5.82 Å². The fraction of sp³-hybridized carbons (Fsp3) is 0.105. The molecule has 2 aromatic carbocycles. The van der Waals surface area contributed by atoms with Crippen molar-refractivity contribution in [3.63, 3.8) is 0 Å². The molecule has 0 unspecified atom stereocenters. The summed E-state index contributed by atoms with van der Waals surface area (Å²) < 4.78 is 19.3. The number of aryl methyl sites for hydroxylation is 1. The Morgan fingerprint density at radius 1 is 1.14 bits per heavy atom. The predicted molar refractivity (Wildman–Crippen MR) is 104 cm³/mol. The Bertz CT molecular complexity index is 1170. The van der Waals surface area contributed by atoms with Crippen LogP contribution in [0.2, 0.25) is 0 Å². The van der Waals surface area contributed by atoms with Gasteiger partial charge in [0.05, 0.1) is 11.4 Å². The van der Waals surface area contributed by atoms with Crippen LogP contribution in [0.4, 0.5) is 9.52 Å². The third-order valence-corrected chi connectivity index (χ3v) is 4.72. The van der Waals surface area contributed by atoms with Crippen molar-refractivity contribution < 1.29 is 9.18 Å². The van der Waals surface area contributed by atoms with Gasteiger partial charge in [-0.15, -0.1) is 5.10 Å². The second-order valence-corrected chi connectivity index (χ2v) is 6.91. The van der Waals surface area contributed by atoms with Crippen LogP contribution in [-0.4, -0.2) is 30.3 Å². The first-order valence-electron chi connectivity index (χ1n) is 8.41. The van der Waals surface area contributed by atoms with Crippen LogP contribution in [0.1, 0.15) is 21.6 Å². The Morgan fingerprint density at radius 2 is 1.96 bits per heavy atom. The lowest BCUT2D eigenvalue weighted by Crippen LogP contribution is -2.11. The summed E-state index contributed by atoms with van der Waals surface area (Å²) in [7, 11) is 0. The molecule has 0 bridgehead atoms. The summed E-state index contributed by atoms with van der Waals surface area (Å²) in [5.74, 6) is -0.563.